The SMILES string of the molecule is NC(=S)c1cc2c(nc1NCCN1CCOCC1)CCC2. The van der Waals surface area contributed by atoms with Gasteiger partial charge in [0.1, 0.15) is 10.8 Å². The Bertz CT molecular complexity index is 529. The Labute approximate surface area is 130 Å². The quantitative estimate of drug-likeness (QED) is 0.790. The number of aryl methyl sites for hydroxylation is 2. The molecule has 1 saturated heterocycles. The van der Waals surface area contributed by atoms with Crippen LogP contribution in [-0.2, 0) is 17.6 Å². The van der Waals surface area contributed by atoms with Gasteiger partial charge in [0, 0.05) is 31.9 Å². The van der Waals surface area contributed by atoms with E-state index in [9.17, 15) is 0 Å². The maximum absolute atomic E-state index is 5.85. The number of nitrogens with one attached hydrogen (secondary N) is 1. The largest absolute Gasteiger partial charge is 0.389 e. The Morgan fingerprint density at radius 1 is 1.38 bits per heavy atom. The highest BCUT2D eigenvalue weighted by Crippen LogP contribution is 2.25. The van der Waals surface area contributed by atoms with E-state index in [0.29, 0.717) is 4.99 Å². The molecule has 0 amide bonds. The Balaban J connectivity index is 1.65. The van der Waals surface area contributed by atoms with Gasteiger partial charge in [0.15, 0.2) is 0 Å². The average Bonchev–Trinajstić information content (AvgIpc) is 2.94. The van der Waals surface area contributed by atoms with Gasteiger partial charge in [-0.2, -0.15) is 0 Å². The third-order valence-electron chi connectivity index (χ3n) is 4.14. The minimum absolute atomic E-state index is 0.422. The van der Waals surface area contributed by atoms with Crippen molar-refractivity contribution in [3.05, 3.63) is 22.9 Å². The zero-order valence-electron chi connectivity index (χ0n) is 12.2. The number of rotatable bonds is 5. The Morgan fingerprint density at radius 3 is 2.95 bits per heavy atom. The third kappa shape index (κ3) is 3.51. The smallest absolute Gasteiger partial charge is 0.136 e. The molecule has 0 radical (unpaired) electrons. The van der Waals surface area contributed by atoms with Crippen molar-refractivity contribution in [2.75, 3.05) is 44.7 Å². The van der Waals surface area contributed by atoms with Crippen LogP contribution in [0, 0.1) is 0 Å². The van der Waals surface area contributed by atoms with Gasteiger partial charge in [0.25, 0.3) is 0 Å². The summed E-state index contributed by atoms with van der Waals surface area (Å²) in [6, 6.07) is 2.12. The molecular weight excluding hydrogens is 284 g/mol. The minimum Gasteiger partial charge on any atom is -0.389 e. The monoisotopic (exact) mass is 306 g/mol. The summed E-state index contributed by atoms with van der Waals surface area (Å²) in [5, 5.41) is 3.41. The highest BCUT2D eigenvalue weighted by atomic mass is 32.1. The average molecular weight is 306 g/mol. The van der Waals surface area contributed by atoms with Crippen molar-refractivity contribution < 1.29 is 4.74 Å². The molecule has 3 rings (SSSR count). The van der Waals surface area contributed by atoms with Crippen LogP contribution in [0.2, 0.25) is 0 Å². The summed E-state index contributed by atoms with van der Waals surface area (Å²) >= 11 is 5.17. The van der Waals surface area contributed by atoms with Crippen molar-refractivity contribution in [3.63, 3.8) is 0 Å². The van der Waals surface area contributed by atoms with Crippen LogP contribution < -0.4 is 11.1 Å². The molecule has 1 aromatic heterocycles. The highest BCUT2D eigenvalue weighted by Gasteiger charge is 2.18. The summed E-state index contributed by atoms with van der Waals surface area (Å²) in [5.41, 5.74) is 9.23. The summed E-state index contributed by atoms with van der Waals surface area (Å²) in [6.07, 6.45) is 3.33. The molecule has 6 heteroatoms. The number of nitrogens with zero attached hydrogens (tertiary/aromatic N) is 2. The summed E-state index contributed by atoms with van der Waals surface area (Å²) < 4.78 is 5.36. The number of hydrogen-bond acceptors (Lipinski definition) is 5. The lowest BCUT2D eigenvalue weighted by atomic mass is 10.1. The van der Waals surface area contributed by atoms with Crippen molar-refractivity contribution in [2.45, 2.75) is 19.3 Å². The van der Waals surface area contributed by atoms with Crippen molar-refractivity contribution >= 4 is 23.0 Å². The molecule has 1 aliphatic carbocycles. The molecule has 5 nitrogen and oxygen atoms in total. The number of hydrogen-bond donors (Lipinski definition) is 2. The van der Waals surface area contributed by atoms with Gasteiger partial charge in [0.2, 0.25) is 0 Å². The number of aromatic nitrogens is 1. The predicted molar refractivity (Wildman–Crippen MR) is 87.9 cm³/mol. The second kappa shape index (κ2) is 6.68. The molecular formula is C15H22N4OS. The maximum Gasteiger partial charge on any atom is 0.136 e. The Hall–Kier alpha value is -1.24. The van der Waals surface area contributed by atoms with Crippen LogP contribution in [-0.4, -0.2) is 54.3 Å². The molecule has 3 N–H and O–H groups in total. The zero-order valence-corrected chi connectivity index (χ0v) is 13.0. The molecule has 1 fully saturated rings. The fraction of sp³-hybridized carbons (Fsp3) is 0.600. The second-order valence-electron chi connectivity index (χ2n) is 5.59. The van der Waals surface area contributed by atoms with Crippen molar-refractivity contribution in [3.8, 4) is 0 Å². The van der Waals surface area contributed by atoms with Crippen LogP contribution in [0.15, 0.2) is 6.07 Å². The van der Waals surface area contributed by atoms with Crippen LogP contribution >= 0.6 is 12.2 Å². The molecule has 0 bridgehead atoms. The summed E-state index contributed by atoms with van der Waals surface area (Å²) in [6.45, 7) is 5.49. The molecule has 0 unspecified atom stereocenters. The van der Waals surface area contributed by atoms with Crippen molar-refractivity contribution in [1.82, 2.24) is 9.88 Å². The highest BCUT2D eigenvalue weighted by molar-refractivity contribution is 7.80. The van der Waals surface area contributed by atoms with Crippen LogP contribution in [0.25, 0.3) is 0 Å². The molecule has 2 aliphatic rings. The maximum atomic E-state index is 5.85. The fourth-order valence-corrected chi connectivity index (χ4v) is 3.11. The minimum atomic E-state index is 0.422. The molecule has 0 spiro atoms. The first-order valence-corrected chi connectivity index (χ1v) is 8.01. The van der Waals surface area contributed by atoms with Gasteiger partial charge in [0.05, 0.1) is 18.8 Å². The first-order chi connectivity index (χ1) is 10.2. The van der Waals surface area contributed by atoms with Gasteiger partial charge in [-0.3, -0.25) is 4.90 Å². The number of morpholine rings is 1. The summed E-state index contributed by atoms with van der Waals surface area (Å²) in [4.78, 5) is 7.55. The van der Waals surface area contributed by atoms with E-state index in [1.54, 1.807) is 0 Å². The molecule has 2 heterocycles. The Kier molecular flexibility index (Phi) is 4.67. The molecule has 21 heavy (non-hydrogen) atoms. The molecule has 0 saturated carbocycles. The number of thiocarbonyl (C=S) groups is 1. The van der Waals surface area contributed by atoms with Gasteiger partial charge in [-0.25, -0.2) is 4.98 Å². The van der Waals surface area contributed by atoms with E-state index >= 15 is 0 Å². The third-order valence-corrected chi connectivity index (χ3v) is 4.36. The van der Waals surface area contributed by atoms with Crippen LogP contribution in [0.4, 0.5) is 5.82 Å². The molecule has 1 aromatic rings. The first kappa shape index (κ1) is 14.7. The van der Waals surface area contributed by atoms with E-state index in [4.69, 9.17) is 27.7 Å². The van der Waals surface area contributed by atoms with E-state index in [-0.39, 0.29) is 0 Å². The first-order valence-electron chi connectivity index (χ1n) is 7.60. The van der Waals surface area contributed by atoms with Gasteiger partial charge in [-0.1, -0.05) is 12.2 Å². The van der Waals surface area contributed by atoms with E-state index in [2.05, 4.69) is 16.3 Å². The van der Waals surface area contributed by atoms with Crippen LogP contribution in [0.3, 0.4) is 0 Å². The lowest BCUT2D eigenvalue weighted by molar-refractivity contribution is 0.0398. The van der Waals surface area contributed by atoms with E-state index < -0.39 is 0 Å². The number of pyridine rings is 1. The predicted octanol–water partition coefficient (Wildman–Crippen LogP) is 0.949. The van der Waals surface area contributed by atoms with Gasteiger partial charge in [-0.05, 0) is 30.9 Å². The number of nitrogens with two attached hydrogens (primary N) is 1. The van der Waals surface area contributed by atoms with Crippen molar-refractivity contribution in [2.24, 2.45) is 5.73 Å². The van der Waals surface area contributed by atoms with E-state index in [1.165, 1.54) is 17.7 Å². The molecule has 1 aliphatic heterocycles. The molecule has 0 atom stereocenters. The van der Waals surface area contributed by atoms with E-state index in [1.807, 2.05) is 0 Å². The Morgan fingerprint density at radius 2 is 2.19 bits per heavy atom. The second-order valence-corrected chi connectivity index (χ2v) is 6.03. The topological polar surface area (TPSA) is 63.4 Å². The standard InChI is InChI=1S/C15H22N4OS/c16-14(21)12-10-11-2-1-3-13(11)18-15(12)17-4-5-19-6-8-20-9-7-19/h10H,1-9H2,(H2,16,21)(H,17,18). The fourth-order valence-electron chi connectivity index (χ4n) is 2.95. The molecule has 0 aromatic carbocycles. The van der Waals surface area contributed by atoms with Crippen LogP contribution in [0.5, 0.6) is 0 Å². The zero-order chi connectivity index (χ0) is 14.7. The number of ether oxygens (including phenoxy) is 1. The lowest BCUT2D eigenvalue weighted by Gasteiger charge is -2.26. The van der Waals surface area contributed by atoms with Gasteiger partial charge < -0.3 is 15.8 Å². The molecule has 114 valence electrons. The number of anilines is 1. The van der Waals surface area contributed by atoms with Crippen molar-refractivity contribution in [1.29, 1.82) is 0 Å². The summed E-state index contributed by atoms with van der Waals surface area (Å²) in [5.74, 6) is 0.844. The van der Waals surface area contributed by atoms with Gasteiger partial charge in [-0.15, -0.1) is 0 Å². The van der Waals surface area contributed by atoms with E-state index in [0.717, 1.165) is 63.6 Å². The normalized spacial score (nSPS) is 18.5. The van der Waals surface area contributed by atoms with Crippen LogP contribution in [0.1, 0.15) is 23.2 Å². The van der Waals surface area contributed by atoms with Gasteiger partial charge >= 0.3 is 0 Å². The number of fused-ring (bicyclic) bond motifs is 1. The lowest BCUT2D eigenvalue weighted by Crippen LogP contribution is -2.39. The summed E-state index contributed by atoms with van der Waals surface area (Å²) in [7, 11) is 0.